The Hall–Kier alpha value is -3.61. The van der Waals surface area contributed by atoms with Gasteiger partial charge in [-0.05, 0) is 49.6 Å². The second kappa shape index (κ2) is 8.02. The Balaban J connectivity index is 1.74. The summed E-state index contributed by atoms with van der Waals surface area (Å²) >= 11 is 0. The van der Waals surface area contributed by atoms with Crippen molar-refractivity contribution in [1.29, 1.82) is 0 Å². The fourth-order valence-corrected chi connectivity index (χ4v) is 3.69. The van der Waals surface area contributed by atoms with Crippen molar-refractivity contribution in [2.24, 2.45) is 0 Å². The highest BCUT2D eigenvalue weighted by Crippen LogP contribution is 2.32. The molecular formula is C23H22FN3O3. The molecule has 2 heterocycles. The van der Waals surface area contributed by atoms with Crippen LogP contribution in [0, 0.1) is 6.92 Å². The minimum atomic E-state index is -0.864. The second-order valence-electron chi connectivity index (χ2n) is 7.13. The molecule has 0 saturated heterocycles. The molecule has 2 amide bonds. The molecule has 2 aromatic carbocycles. The van der Waals surface area contributed by atoms with Crippen LogP contribution < -0.4 is 5.12 Å². The lowest BCUT2D eigenvalue weighted by Crippen LogP contribution is -2.37. The number of benzene rings is 2. The molecule has 0 fully saturated rings. The molecule has 7 heteroatoms. The third kappa shape index (κ3) is 3.54. The maximum Gasteiger partial charge on any atom is 0.356 e. The van der Waals surface area contributed by atoms with Crippen molar-refractivity contribution in [2.75, 3.05) is 18.3 Å². The van der Waals surface area contributed by atoms with E-state index in [-0.39, 0.29) is 29.5 Å². The number of anilines is 1. The van der Waals surface area contributed by atoms with E-state index in [9.17, 15) is 14.1 Å². The third-order valence-electron chi connectivity index (χ3n) is 5.11. The SMILES string of the molecule is CCOC(=O)C1=CN(C(=O)N(F)c2cccc(C)c2)CCc2c1[nH]c1ccccc21. The molecule has 0 atom stereocenters. The number of hydrogen-bond donors (Lipinski definition) is 1. The molecule has 3 aromatic rings. The second-order valence-corrected chi connectivity index (χ2v) is 7.13. The molecular weight excluding hydrogens is 385 g/mol. The van der Waals surface area contributed by atoms with Gasteiger partial charge in [-0.25, -0.2) is 9.59 Å². The summed E-state index contributed by atoms with van der Waals surface area (Å²) in [5.74, 6) is -0.564. The van der Waals surface area contributed by atoms with Crippen molar-refractivity contribution in [3.8, 4) is 0 Å². The van der Waals surface area contributed by atoms with Crippen LogP contribution in [0.5, 0.6) is 0 Å². The first kappa shape index (κ1) is 19.7. The van der Waals surface area contributed by atoms with Gasteiger partial charge >= 0.3 is 12.0 Å². The number of para-hydroxylation sites is 1. The van der Waals surface area contributed by atoms with E-state index in [4.69, 9.17) is 4.74 Å². The van der Waals surface area contributed by atoms with Crippen LogP contribution in [-0.4, -0.2) is 35.0 Å². The van der Waals surface area contributed by atoms with Gasteiger partial charge < -0.3 is 9.72 Å². The number of ether oxygens (including phenoxy) is 1. The van der Waals surface area contributed by atoms with Crippen LogP contribution in [-0.2, 0) is 16.0 Å². The number of aromatic nitrogens is 1. The molecule has 1 aliphatic heterocycles. The van der Waals surface area contributed by atoms with Gasteiger partial charge in [-0.3, -0.25) is 4.90 Å². The van der Waals surface area contributed by atoms with Gasteiger partial charge in [-0.15, -0.1) is 5.12 Å². The molecule has 0 bridgehead atoms. The van der Waals surface area contributed by atoms with Crippen molar-refractivity contribution in [1.82, 2.24) is 9.88 Å². The quantitative estimate of drug-likeness (QED) is 0.503. The highest BCUT2D eigenvalue weighted by molar-refractivity contribution is 6.18. The third-order valence-corrected chi connectivity index (χ3v) is 5.11. The summed E-state index contributed by atoms with van der Waals surface area (Å²) in [6, 6.07) is 13.5. The Morgan fingerprint density at radius 3 is 2.77 bits per heavy atom. The largest absolute Gasteiger partial charge is 0.462 e. The summed E-state index contributed by atoms with van der Waals surface area (Å²) in [7, 11) is 0. The number of fused-ring (bicyclic) bond motifs is 3. The summed E-state index contributed by atoms with van der Waals surface area (Å²) in [6.07, 6.45) is 1.84. The van der Waals surface area contributed by atoms with Crippen LogP contribution in [0.1, 0.15) is 23.7 Å². The van der Waals surface area contributed by atoms with Crippen molar-refractivity contribution in [3.63, 3.8) is 0 Å². The van der Waals surface area contributed by atoms with Gasteiger partial charge in [0.15, 0.2) is 0 Å². The fraction of sp³-hybridized carbons (Fsp3) is 0.217. The molecule has 154 valence electrons. The van der Waals surface area contributed by atoms with Gasteiger partial charge in [0.25, 0.3) is 0 Å². The number of carbonyl (C=O) groups is 2. The lowest BCUT2D eigenvalue weighted by molar-refractivity contribution is -0.136. The summed E-state index contributed by atoms with van der Waals surface area (Å²) in [5, 5.41) is 1.07. The Bertz CT molecular complexity index is 1150. The molecule has 30 heavy (non-hydrogen) atoms. The van der Waals surface area contributed by atoms with Crippen LogP contribution in [0.15, 0.2) is 54.7 Å². The maximum atomic E-state index is 14.9. The number of nitrogens with one attached hydrogen (secondary N) is 1. The predicted octanol–water partition coefficient (Wildman–Crippen LogP) is 4.75. The zero-order valence-corrected chi connectivity index (χ0v) is 16.8. The van der Waals surface area contributed by atoms with E-state index < -0.39 is 12.0 Å². The predicted molar refractivity (Wildman–Crippen MR) is 113 cm³/mol. The number of halogens is 1. The minimum Gasteiger partial charge on any atom is -0.462 e. The Kier molecular flexibility index (Phi) is 5.27. The van der Waals surface area contributed by atoms with Crippen molar-refractivity contribution in [2.45, 2.75) is 20.3 Å². The highest BCUT2D eigenvalue weighted by Gasteiger charge is 2.29. The van der Waals surface area contributed by atoms with Crippen LogP contribution in [0.3, 0.4) is 0 Å². The zero-order chi connectivity index (χ0) is 21.3. The number of urea groups is 1. The molecule has 0 spiro atoms. The number of aromatic amines is 1. The lowest BCUT2D eigenvalue weighted by Gasteiger charge is -2.22. The maximum absolute atomic E-state index is 14.9. The topological polar surface area (TPSA) is 65.6 Å². The number of carbonyl (C=O) groups excluding carboxylic acids is 2. The Morgan fingerprint density at radius 1 is 1.20 bits per heavy atom. The van der Waals surface area contributed by atoms with Crippen LogP contribution in [0.2, 0.25) is 0 Å². The molecule has 1 aromatic heterocycles. The molecule has 0 aliphatic carbocycles. The summed E-state index contributed by atoms with van der Waals surface area (Å²) in [5.41, 5.74) is 3.57. The number of H-pyrrole nitrogens is 1. The van der Waals surface area contributed by atoms with E-state index in [0.29, 0.717) is 12.1 Å². The standard InChI is InChI=1S/C23H22FN3O3/c1-3-30-22(28)19-14-26(23(29)27(24)16-8-6-7-15(2)13-16)12-11-18-17-9-4-5-10-20(17)25-21(18)19/h4-10,13-14,25H,3,11-12H2,1-2H3. The zero-order valence-electron chi connectivity index (χ0n) is 16.8. The normalized spacial score (nSPS) is 13.4. The average Bonchev–Trinajstić information content (AvgIpc) is 3.00. The molecule has 0 unspecified atom stereocenters. The minimum absolute atomic E-state index is 0.101. The van der Waals surface area contributed by atoms with Gasteiger partial charge in [0.2, 0.25) is 0 Å². The number of aryl methyl sites for hydroxylation is 1. The van der Waals surface area contributed by atoms with Gasteiger partial charge in [0, 0.05) is 23.6 Å². The molecule has 6 nitrogen and oxygen atoms in total. The molecule has 0 saturated carbocycles. The van der Waals surface area contributed by atoms with Gasteiger partial charge in [0.05, 0.1) is 23.6 Å². The summed E-state index contributed by atoms with van der Waals surface area (Å²) in [6.45, 7) is 3.95. The fourth-order valence-electron chi connectivity index (χ4n) is 3.69. The van der Waals surface area contributed by atoms with Crippen molar-refractivity contribution >= 4 is 34.2 Å². The van der Waals surface area contributed by atoms with E-state index >= 15 is 0 Å². The molecule has 1 aliphatic rings. The Morgan fingerprint density at radius 2 is 2.00 bits per heavy atom. The Labute approximate surface area is 173 Å². The lowest BCUT2D eigenvalue weighted by atomic mass is 10.0. The average molecular weight is 407 g/mol. The van der Waals surface area contributed by atoms with Crippen LogP contribution in [0.25, 0.3) is 16.5 Å². The van der Waals surface area contributed by atoms with Gasteiger partial charge in [-0.1, -0.05) is 34.8 Å². The molecule has 4 rings (SSSR count). The van der Waals surface area contributed by atoms with Gasteiger partial charge in [-0.2, -0.15) is 0 Å². The van der Waals surface area contributed by atoms with Crippen LogP contribution in [0.4, 0.5) is 15.0 Å². The van der Waals surface area contributed by atoms with Crippen LogP contribution >= 0.6 is 0 Å². The summed E-state index contributed by atoms with van der Waals surface area (Å²) < 4.78 is 20.1. The number of amides is 2. The van der Waals surface area contributed by atoms with E-state index in [1.165, 1.54) is 17.2 Å². The molecule has 1 N–H and O–H groups in total. The number of rotatable bonds is 3. The van der Waals surface area contributed by atoms with Crippen molar-refractivity contribution in [3.05, 3.63) is 71.6 Å². The first-order chi connectivity index (χ1) is 14.5. The van der Waals surface area contributed by atoms with E-state index in [1.54, 1.807) is 19.1 Å². The van der Waals surface area contributed by atoms with Crippen molar-refractivity contribution < 1.29 is 18.8 Å². The molecule has 0 radical (unpaired) electrons. The number of esters is 1. The number of hydrogen-bond acceptors (Lipinski definition) is 3. The van der Waals surface area contributed by atoms with E-state index in [1.807, 2.05) is 37.3 Å². The summed E-state index contributed by atoms with van der Waals surface area (Å²) in [4.78, 5) is 30.1. The first-order valence-corrected chi connectivity index (χ1v) is 9.81. The van der Waals surface area contributed by atoms with E-state index in [2.05, 4.69) is 4.98 Å². The smallest absolute Gasteiger partial charge is 0.356 e. The highest BCUT2D eigenvalue weighted by atomic mass is 19.2. The first-order valence-electron chi connectivity index (χ1n) is 9.81. The van der Waals surface area contributed by atoms with E-state index in [0.717, 1.165) is 22.0 Å². The van der Waals surface area contributed by atoms with Gasteiger partial charge in [0.1, 0.15) is 0 Å². The number of nitrogens with zero attached hydrogens (tertiary/aromatic N) is 2. The monoisotopic (exact) mass is 407 g/mol.